The smallest absolute Gasteiger partial charge is 0.263 e. The first-order valence-electron chi connectivity index (χ1n) is 7.72. The van der Waals surface area contributed by atoms with Crippen LogP contribution in [0.2, 0.25) is 0 Å². The molecule has 2 heterocycles. The first-order chi connectivity index (χ1) is 11.5. The highest BCUT2D eigenvalue weighted by Gasteiger charge is 2.17. The van der Waals surface area contributed by atoms with E-state index in [1.807, 2.05) is 13.8 Å². The van der Waals surface area contributed by atoms with E-state index in [9.17, 15) is 8.42 Å². The zero-order valence-electron chi connectivity index (χ0n) is 13.7. The maximum absolute atomic E-state index is 12.4. The quantitative estimate of drug-likeness (QED) is 0.906. The van der Waals surface area contributed by atoms with Gasteiger partial charge in [-0.15, -0.1) is 10.2 Å². The van der Waals surface area contributed by atoms with Crippen molar-refractivity contribution in [2.75, 3.05) is 35.9 Å². The average Bonchev–Trinajstić information content (AvgIpc) is 2.58. The van der Waals surface area contributed by atoms with Crippen LogP contribution in [0.5, 0.6) is 0 Å². The summed E-state index contributed by atoms with van der Waals surface area (Å²) in [6, 6.07) is 8.40. The second kappa shape index (κ2) is 6.74. The molecule has 2 aromatic rings. The molecule has 1 fully saturated rings. The van der Waals surface area contributed by atoms with Crippen molar-refractivity contribution in [3.8, 4) is 0 Å². The van der Waals surface area contributed by atoms with Crippen LogP contribution < -0.4 is 9.62 Å². The summed E-state index contributed by atoms with van der Waals surface area (Å²) in [5, 5.41) is 8.09. The number of hydrogen-bond acceptors (Lipinski definition) is 6. The fourth-order valence-electron chi connectivity index (χ4n) is 2.42. The van der Waals surface area contributed by atoms with Gasteiger partial charge in [0, 0.05) is 13.1 Å². The molecule has 1 aliphatic heterocycles. The van der Waals surface area contributed by atoms with Crippen molar-refractivity contribution in [2.45, 2.75) is 18.7 Å². The molecule has 1 saturated heterocycles. The standard InChI is InChI=1S/C16H20N4O3S/c1-12-3-4-14(11-13(12)2)24(21,22)19-15-5-6-16(18-17-15)20-7-9-23-10-8-20/h3-6,11H,7-10H2,1-2H3,(H,17,19). The van der Waals surface area contributed by atoms with E-state index in [0.717, 1.165) is 24.2 Å². The lowest BCUT2D eigenvalue weighted by atomic mass is 10.1. The van der Waals surface area contributed by atoms with Crippen LogP contribution in [-0.2, 0) is 14.8 Å². The number of ether oxygens (including phenoxy) is 1. The van der Waals surface area contributed by atoms with Gasteiger partial charge >= 0.3 is 0 Å². The number of morpholine rings is 1. The van der Waals surface area contributed by atoms with Gasteiger partial charge in [0.1, 0.15) is 0 Å². The highest BCUT2D eigenvalue weighted by atomic mass is 32.2. The molecule has 128 valence electrons. The minimum absolute atomic E-state index is 0.199. The van der Waals surface area contributed by atoms with Gasteiger partial charge in [0.15, 0.2) is 11.6 Å². The highest BCUT2D eigenvalue weighted by molar-refractivity contribution is 7.92. The summed E-state index contributed by atoms with van der Waals surface area (Å²) in [6.45, 7) is 6.64. The predicted octanol–water partition coefficient (Wildman–Crippen LogP) is 1.73. The zero-order chi connectivity index (χ0) is 17.2. The minimum atomic E-state index is -3.68. The van der Waals surface area contributed by atoms with Crippen LogP contribution in [-0.4, -0.2) is 44.9 Å². The van der Waals surface area contributed by atoms with Gasteiger partial charge in [-0.1, -0.05) is 6.07 Å². The van der Waals surface area contributed by atoms with E-state index in [0.29, 0.717) is 19.0 Å². The summed E-state index contributed by atoms with van der Waals surface area (Å²) in [4.78, 5) is 2.27. The first-order valence-corrected chi connectivity index (χ1v) is 9.20. The summed E-state index contributed by atoms with van der Waals surface area (Å²) >= 11 is 0. The lowest BCUT2D eigenvalue weighted by Gasteiger charge is -2.27. The third-order valence-corrected chi connectivity index (χ3v) is 5.37. The van der Waals surface area contributed by atoms with Gasteiger partial charge in [-0.05, 0) is 49.2 Å². The Kier molecular flexibility index (Phi) is 4.68. The molecule has 0 unspecified atom stereocenters. The van der Waals surface area contributed by atoms with E-state index in [2.05, 4.69) is 19.8 Å². The number of aryl methyl sites for hydroxylation is 2. The van der Waals surface area contributed by atoms with Crippen molar-refractivity contribution >= 4 is 21.7 Å². The molecular weight excluding hydrogens is 328 g/mol. The van der Waals surface area contributed by atoms with Crippen LogP contribution in [0.25, 0.3) is 0 Å². The fraction of sp³-hybridized carbons (Fsp3) is 0.375. The third-order valence-electron chi connectivity index (χ3n) is 4.01. The SMILES string of the molecule is Cc1ccc(S(=O)(=O)Nc2ccc(N3CCOCC3)nn2)cc1C. The third kappa shape index (κ3) is 3.65. The molecule has 0 atom stereocenters. The normalized spacial score (nSPS) is 15.3. The van der Waals surface area contributed by atoms with Crippen molar-refractivity contribution in [1.29, 1.82) is 0 Å². The predicted molar refractivity (Wildman–Crippen MR) is 91.8 cm³/mol. The Bertz CT molecular complexity index is 816. The number of sulfonamides is 1. The second-order valence-electron chi connectivity index (χ2n) is 5.73. The van der Waals surface area contributed by atoms with Crippen molar-refractivity contribution in [2.24, 2.45) is 0 Å². The Balaban J connectivity index is 1.76. The molecule has 0 amide bonds. The van der Waals surface area contributed by atoms with Crippen molar-refractivity contribution in [3.05, 3.63) is 41.5 Å². The van der Waals surface area contributed by atoms with E-state index in [4.69, 9.17) is 4.74 Å². The molecule has 0 radical (unpaired) electrons. The molecule has 8 heteroatoms. The number of nitrogens with zero attached hydrogens (tertiary/aromatic N) is 3. The average molecular weight is 348 g/mol. The van der Waals surface area contributed by atoms with Gasteiger partial charge in [0.25, 0.3) is 10.0 Å². The molecule has 1 aromatic carbocycles. The molecule has 1 aromatic heterocycles. The maximum Gasteiger partial charge on any atom is 0.263 e. The molecule has 1 aliphatic rings. The van der Waals surface area contributed by atoms with Gasteiger partial charge < -0.3 is 9.64 Å². The van der Waals surface area contributed by atoms with E-state index >= 15 is 0 Å². The molecule has 0 bridgehead atoms. The summed E-state index contributed by atoms with van der Waals surface area (Å²) in [6.07, 6.45) is 0. The van der Waals surface area contributed by atoms with Crippen LogP contribution in [0.4, 0.5) is 11.6 Å². The number of rotatable bonds is 4. The molecule has 1 N–H and O–H groups in total. The monoisotopic (exact) mass is 348 g/mol. The summed E-state index contributed by atoms with van der Waals surface area (Å²) < 4.78 is 32.7. The topological polar surface area (TPSA) is 84.4 Å². The molecule has 7 nitrogen and oxygen atoms in total. The number of hydrogen-bond donors (Lipinski definition) is 1. The fourth-order valence-corrected chi connectivity index (χ4v) is 3.50. The Morgan fingerprint density at radius 3 is 2.42 bits per heavy atom. The molecule has 0 spiro atoms. The Morgan fingerprint density at radius 2 is 1.79 bits per heavy atom. The van der Waals surface area contributed by atoms with E-state index in [1.54, 1.807) is 30.3 Å². The van der Waals surface area contributed by atoms with Gasteiger partial charge in [0.2, 0.25) is 0 Å². The zero-order valence-corrected chi connectivity index (χ0v) is 14.5. The largest absolute Gasteiger partial charge is 0.378 e. The highest BCUT2D eigenvalue weighted by Crippen LogP contribution is 2.19. The van der Waals surface area contributed by atoms with Crippen molar-refractivity contribution in [3.63, 3.8) is 0 Å². The Labute approximate surface area is 141 Å². The van der Waals surface area contributed by atoms with Crippen molar-refractivity contribution in [1.82, 2.24) is 10.2 Å². The molecule has 0 saturated carbocycles. The van der Waals surface area contributed by atoms with Gasteiger partial charge in [-0.2, -0.15) is 0 Å². The summed E-state index contributed by atoms with van der Waals surface area (Å²) in [7, 11) is -3.68. The second-order valence-corrected chi connectivity index (χ2v) is 7.41. The number of nitrogens with one attached hydrogen (secondary N) is 1. The van der Waals surface area contributed by atoms with E-state index in [1.165, 1.54) is 0 Å². The van der Waals surface area contributed by atoms with Gasteiger partial charge in [-0.3, -0.25) is 4.72 Å². The maximum atomic E-state index is 12.4. The van der Waals surface area contributed by atoms with Crippen LogP contribution in [0.3, 0.4) is 0 Å². The Hall–Kier alpha value is -2.19. The lowest BCUT2D eigenvalue weighted by Crippen LogP contribution is -2.36. The number of aromatic nitrogens is 2. The van der Waals surface area contributed by atoms with Crippen LogP contribution in [0.15, 0.2) is 35.2 Å². The van der Waals surface area contributed by atoms with Crippen LogP contribution in [0.1, 0.15) is 11.1 Å². The first kappa shape index (κ1) is 16.7. The summed E-state index contributed by atoms with van der Waals surface area (Å²) in [5.74, 6) is 0.915. The number of benzene rings is 1. The van der Waals surface area contributed by atoms with Gasteiger partial charge in [0.05, 0.1) is 18.1 Å². The van der Waals surface area contributed by atoms with Crippen LogP contribution >= 0.6 is 0 Å². The van der Waals surface area contributed by atoms with E-state index in [-0.39, 0.29) is 10.7 Å². The molecule has 24 heavy (non-hydrogen) atoms. The Morgan fingerprint density at radius 1 is 1.04 bits per heavy atom. The summed E-state index contributed by atoms with van der Waals surface area (Å²) in [5.41, 5.74) is 1.97. The molecular formula is C16H20N4O3S. The van der Waals surface area contributed by atoms with Crippen molar-refractivity contribution < 1.29 is 13.2 Å². The van der Waals surface area contributed by atoms with Crippen LogP contribution in [0, 0.1) is 13.8 Å². The van der Waals surface area contributed by atoms with E-state index < -0.39 is 10.0 Å². The molecule has 3 rings (SSSR count). The van der Waals surface area contributed by atoms with Gasteiger partial charge in [-0.25, -0.2) is 8.42 Å². The molecule has 0 aliphatic carbocycles. The number of anilines is 2. The minimum Gasteiger partial charge on any atom is -0.378 e. The lowest BCUT2D eigenvalue weighted by molar-refractivity contribution is 0.122.